The van der Waals surface area contributed by atoms with Gasteiger partial charge in [-0.15, -0.1) is 0 Å². The summed E-state index contributed by atoms with van der Waals surface area (Å²) in [7, 11) is -0.359. The number of H-pyrrole nitrogens is 1. The van der Waals surface area contributed by atoms with Crippen LogP contribution in [0.15, 0.2) is 11.0 Å². The average Bonchev–Trinajstić information content (AvgIpc) is 2.24. The van der Waals surface area contributed by atoms with Gasteiger partial charge in [0.2, 0.25) is 10.0 Å². The molecule has 9 heteroatoms. The number of nitrogens with one attached hydrogen (secondary N) is 2. The highest BCUT2D eigenvalue weighted by atomic mass is 35.5. The number of anilines is 1. The van der Waals surface area contributed by atoms with E-state index < -0.39 is 15.6 Å². The molecule has 96 valence electrons. The number of hydrogen-bond donors (Lipinski definition) is 2. The Balaban J connectivity index is 2.64. The monoisotopic (exact) mass is 280 g/mol. The van der Waals surface area contributed by atoms with Crippen molar-refractivity contribution in [3.8, 4) is 0 Å². The second kappa shape index (κ2) is 5.48. The molecule has 0 atom stereocenters. The molecule has 0 bridgehead atoms. The molecule has 7 nitrogen and oxygen atoms in total. The number of aromatic amines is 1. The van der Waals surface area contributed by atoms with E-state index in [4.69, 9.17) is 11.6 Å². The lowest BCUT2D eigenvalue weighted by Crippen LogP contribution is -2.28. The first-order valence-corrected chi connectivity index (χ1v) is 6.70. The largest absolute Gasteiger partial charge is 0.381 e. The first-order chi connectivity index (χ1) is 7.84. The maximum absolute atomic E-state index is 11.4. The highest BCUT2D eigenvalue weighted by molar-refractivity contribution is 7.89. The van der Waals surface area contributed by atoms with Crippen molar-refractivity contribution in [3.05, 3.63) is 21.6 Å². The quantitative estimate of drug-likeness (QED) is 0.774. The number of aromatic nitrogens is 2. The molecule has 0 aliphatic heterocycles. The normalized spacial score (nSPS) is 11.8. The van der Waals surface area contributed by atoms with Crippen LogP contribution in [-0.2, 0) is 10.0 Å². The van der Waals surface area contributed by atoms with Crippen LogP contribution >= 0.6 is 11.6 Å². The summed E-state index contributed by atoms with van der Waals surface area (Å²) >= 11 is 5.70. The summed E-state index contributed by atoms with van der Waals surface area (Å²) in [6, 6.07) is 0. The fraction of sp³-hybridized carbons (Fsp3) is 0.500. The van der Waals surface area contributed by atoms with E-state index in [1.807, 2.05) is 0 Å². The van der Waals surface area contributed by atoms with Crippen molar-refractivity contribution in [2.75, 3.05) is 31.7 Å². The molecule has 0 fully saturated rings. The van der Waals surface area contributed by atoms with Gasteiger partial charge in [-0.25, -0.2) is 17.8 Å². The summed E-state index contributed by atoms with van der Waals surface area (Å²) in [5.41, 5.74) is -0.212. The topological polar surface area (TPSA) is 95.2 Å². The number of hydrogen-bond acceptors (Lipinski definition) is 5. The van der Waals surface area contributed by atoms with Crippen molar-refractivity contribution in [3.63, 3.8) is 0 Å². The zero-order valence-electron chi connectivity index (χ0n) is 9.40. The molecule has 0 aliphatic rings. The van der Waals surface area contributed by atoms with E-state index in [0.29, 0.717) is 5.69 Å². The van der Waals surface area contributed by atoms with Crippen LogP contribution in [0.3, 0.4) is 0 Å². The van der Waals surface area contributed by atoms with Gasteiger partial charge >= 0.3 is 0 Å². The molecule has 17 heavy (non-hydrogen) atoms. The van der Waals surface area contributed by atoms with Crippen LogP contribution in [0.5, 0.6) is 0 Å². The zero-order valence-corrected chi connectivity index (χ0v) is 11.0. The van der Waals surface area contributed by atoms with Crippen LogP contribution in [0.2, 0.25) is 5.02 Å². The lowest BCUT2D eigenvalue weighted by Gasteiger charge is -2.12. The van der Waals surface area contributed by atoms with Crippen molar-refractivity contribution in [2.45, 2.75) is 0 Å². The SMILES string of the molecule is CN(C)S(=O)(=O)CCNc1cn[nH]c(=O)c1Cl. The standard InChI is InChI=1S/C8H13ClN4O3S/c1-13(2)17(15,16)4-3-10-6-5-11-12-8(14)7(6)9/h5H,3-4H2,1-2H3,(H2,10,12,14). The average molecular weight is 281 g/mol. The minimum atomic E-state index is -3.27. The Hall–Kier alpha value is -1.12. The fourth-order valence-electron chi connectivity index (χ4n) is 1.00. The minimum absolute atomic E-state index is 0.0396. The van der Waals surface area contributed by atoms with Crippen molar-refractivity contribution in [2.24, 2.45) is 0 Å². The lowest BCUT2D eigenvalue weighted by atomic mass is 10.4. The van der Waals surface area contributed by atoms with E-state index in [1.54, 1.807) is 0 Å². The smallest absolute Gasteiger partial charge is 0.285 e. The Bertz CT molecular complexity index is 540. The maximum Gasteiger partial charge on any atom is 0.285 e. The van der Waals surface area contributed by atoms with E-state index in [0.717, 1.165) is 4.31 Å². The van der Waals surface area contributed by atoms with Gasteiger partial charge in [0.15, 0.2) is 0 Å². The molecule has 0 spiro atoms. The molecule has 0 saturated heterocycles. The van der Waals surface area contributed by atoms with Crippen molar-refractivity contribution in [1.29, 1.82) is 0 Å². The maximum atomic E-state index is 11.4. The van der Waals surface area contributed by atoms with Crippen LogP contribution in [0.1, 0.15) is 0 Å². The van der Waals surface area contributed by atoms with Crippen molar-refractivity contribution in [1.82, 2.24) is 14.5 Å². The zero-order chi connectivity index (χ0) is 13.1. The third-order valence-corrected chi connectivity index (χ3v) is 4.24. The molecule has 0 aliphatic carbocycles. The van der Waals surface area contributed by atoms with Gasteiger partial charge in [-0.3, -0.25) is 4.79 Å². The van der Waals surface area contributed by atoms with Crippen molar-refractivity contribution < 1.29 is 8.42 Å². The molecular weight excluding hydrogens is 268 g/mol. The highest BCUT2D eigenvalue weighted by Gasteiger charge is 2.13. The summed E-state index contributed by atoms with van der Waals surface area (Å²) in [5.74, 6) is -0.0941. The number of rotatable bonds is 5. The Labute approximate surface area is 104 Å². The molecular formula is C8H13ClN4O3S. The van der Waals surface area contributed by atoms with Gasteiger partial charge in [-0.05, 0) is 0 Å². The molecule has 1 rings (SSSR count). The van der Waals surface area contributed by atoms with Gasteiger partial charge in [0.05, 0.1) is 17.6 Å². The molecule has 0 unspecified atom stereocenters. The summed E-state index contributed by atoms with van der Waals surface area (Å²) in [6.07, 6.45) is 1.33. The predicted octanol–water partition coefficient (Wildman–Crippen LogP) is -0.273. The van der Waals surface area contributed by atoms with Gasteiger partial charge in [-0.2, -0.15) is 5.10 Å². The predicted molar refractivity (Wildman–Crippen MR) is 65.8 cm³/mol. The third-order valence-electron chi connectivity index (χ3n) is 2.03. The van der Waals surface area contributed by atoms with Crippen LogP contribution in [0, 0.1) is 0 Å². The first kappa shape index (κ1) is 13.9. The minimum Gasteiger partial charge on any atom is -0.381 e. The van der Waals surface area contributed by atoms with E-state index in [2.05, 4.69) is 15.5 Å². The molecule has 0 amide bonds. The lowest BCUT2D eigenvalue weighted by molar-refractivity contribution is 0.521. The number of sulfonamides is 1. The summed E-state index contributed by atoms with van der Waals surface area (Å²) in [4.78, 5) is 11.1. The van der Waals surface area contributed by atoms with Crippen LogP contribution in [-0.4, -0.2) is 49.3 Å². The molecule has 0 aromatic carbocycles. The molecule has 1 aromatic rings. The van der Waals surface area contributed by atoms with E-state index in [9.17, 15) is 13.2 Å². The van der Waals surface area contributed by atoms with E-state index in [1.165, 1.54) is 20.3 Å². The van der Waals surface area contributed by atoms with Crippen LogP contribution < -0.4 is 10.9 Å². The Kier molecular flexibility index (Phi) is 4.49. The van der Waals surface area contributed by atoms with Crippen LogP contribution in [0.25, 0.3) is 0 Å². The van der Waals surface area contributed by atoms with Crippen LogP contribution in [0.4, 0.5) is 5.69 Å². The fourth-order valence-corrected chi connectivity index (χ4v) is 1.89. The Morgan fingerprint density at radius 2 is 2.18 bits per heavy atom. The molecule has 0 radical (unpaired) electrons. The number of nitrogens with zero attached hydrogens (tertiary/aromatic N) is 2. The summed E-state index contributed by atoms with van der Waals surface area (Å²) in [5, 5.41) is 8.42. The summed E-state index contributed by atoms with van der Waals surface area (Å²) < 4.78 is 24.0. The molecule has 1 aromatic heterocycles. The Morgan fingerprint density at radius 1 is 1.53 bits per heavy atom. The van der Waals surface area contributed by atoms with Gasteiger partial charge < -0.3 is 5.32 Å². The second-order valence-corrected chi connectivity index (χ2v) is 6.13. The van der Waals surface area contributed by atoms with Gasteiger partial charge in [0.1, 0.15) is 5.02 Å². The van der Waals surface area contributed by atoms with Crippen molar-refractivity contribution >= 4 is 27.3 Å². The van der Waals surface area contributed by atoms with Gasteiger partial charge in [-0.1, -0.05) is 11.6 Å². The third kappa shape index (κ3) is 3.69. The molecule has 2 N–H and O–H groups in total. The molecule has 1 heterocycles. The first-order valence-electron chi connectivity index (χ1n) is 4.72. The number of halogens is 1. The van der Waals surface area contributed by atoms with E-state index >= 15 is 0 Å². The molecule has 0 saturated carbocycles. The summed E-state index contributed by atoms with van der Waals surface area (Å²) in [6.45, 7) is 0.144. The van der Waals surface area contributed by atoms with E-state index in [-0.39, 0.29) is 17.3 Å². The van der Waals surface area contributed by atoms with Gasteiger partial charge in [0, 0.05) is 20.6 Å². The highest BCUT2D eigenvalue weighted by Crippen LogP contribution is 2.13. The Morgan fingerprint density at radius 3 is 2.76 bits per heavy atom. The van der Waals surface area contributed by atoms with Gasteiger partial charge in [0.25, 0.3) is 5.56 Å². The second-order valence-electron chi connectivity index (χ2n) is 3.45.